The minimum atomic E-state index is 0.312. The Kier molecular flexibility index (Phi) is 5.40. The number of nitrogens with one attached hydrogen (secondary N) is 1. The summed E-state index contributed by atoms with van der Waals surface area (Å²) in [6.45, 7) is 3.45. The average molecular weight is 341 g/mol. The average Bonchev–Trinajstić information content (AvgIpc) is 3.37. The highest BCUT2D eigenvalue weighted by atomic mass is 16.2. The zero-order chi connectivity index (χ0) is 17.1. The van der Waals surface area contributed by atoms with Crippen LogP contribution in [0.4, 0.5) is 0 Å². The first-order valence-corrected chi connectivity index (χ1v) is 10.4. The van der Waals surface area contributed by atoms with Crippen molar-refractivity contribution >= 4 is 5.91 Å². The number of likely N-dealkylation sites (tertiary alicyclic amines) is 1. The van der Waals surface area contributed by atoms with Gasteiger partial charge in [0.15, 0.2) is 0 Å². The number of hydrogen-bond acceptors (Lipinski definition) is 2. The van der Waals surface area contributed by atoms with Crippen molar-refractivity contribution in [1.29, 1.82) is 0 Å². The summed E-state index contributed by atoms with van der Waals surface area (Å²) in [5.74, 6) is 2.19. The van der Waals surface area contributed by atoms with Crippen LogP contribution in [0.15, 0.2) is 30.3 Å². The third kappa shape index (κ3) is 4.44. The molecule has 3 fully saturated rings. The first-order chi connectivity index (χ1) is 12.3. The van der Waals surface area contributed by atoms with Gasteiger partial charge in [-0.1, -0.05) is 43.2 Å². The minimum absolute atomic E-state index is 0.312. The number of rotatable bonds is 6. The molecule has 1 amide bonds. The van der Waals surface area contributed by atoms with Gasteiger partial charge in [-0.05, 0) is 55.9 Å². The molecule has 2 saturated carbocycles. The summed E-state index contributed by atoms with van der Waals surface area (Å²) in [7, 11) is 0. The van der Waals surface area contributed by atoms with E-state index < -0.39 is 0 Å². The maximum Gasteiger partial charge on any atom is 0.223 e. The molecule has 2 aliphatic carbocycles. The lowest BCUT2D eigenvalue weighted by molar-refractivity contribution is -0.123. The molecule has 1 aromatic rings. The molecule has 1 saturated heterocycles. The van der Waals surface area contributed by atoms with Gasteiger partial charge in [-0.3, -0.25) is 4.79 Å². The molecule has 0 bridgehead atoms. The lowest BCUT2D eigenvalue weighted by Gasteiger charge is -2.36. The molecule has 3 nitrogen and oxygen atoms in total. The van der Waals surface area contributed by atoms with E-state index in [0.717, 1.165) is 44.7 Å². The van der Waals surface area contributed by atoms with Crippen molar-refractivity contribution in [3.63, 3.8) is 0 Å². The quantitative estimate of drug-likeness (QED) is 0.850. The SMILES string of the molecule is O=C(NC1CCN(C[C@@H](c2ccccc2)C2CCCC2)CC1)C1CC1. The molecule has 0 aromatic heterocycles. The van der Waals surface area contributed by atoms with Gasteiger partial charge in [0.1, 0.15) is 0 Å². The molecule has 1 heterocycles. The highest BCUT2D eigenvalue weighted by molar-refractivity contribution is 5.81. The first-order valence-electron chi connectivity index (χ1n) is 10.4. The van der Waals surface area contributed by atoms with E-state index in [1.807, 2.05) is 0 Å². The Morgan fingerprint density at radius 1 is 1.00 bits per heavy atom. The Labute approximate surface area is 152 Å². The van der Waals surface area contributed by atoms with Crippen LogP contribution in [0.25, 0.3) is 0 Å². The Balaban J connectivity index is 1.32. The zero-order valence-corrected chi connectivity index (χ0v) is 15.3. The van der Waals surface area contributed by atoms with Crippen molar-refractivity contribution in [1.82, 2.24) is 10.2 Å². The molecule has 1 atom stereocenters. The second kappa shape index (κ2) is 7.90. The Morgan fingerprint density at radius 2 is 1.68 bits per heavy atom. The smallest absolute Gasteiger partial charge is 0.223 e. The van der Waals surface area contributed by atoms with Crippen LogP contribution >= 0.6 is 0 Å². The van der Waals surface area contributed by atoms with Crippen LogP contribution in [-0.4, -0.2) is 36.5 Å². The second-order valence-corrected chi connectivity index (χ2v) is 8.42. The van der Waals surface area contributed by atoms with Crippen molar-refractivity contribution in [3.8, 4) is 0 Å². The number of carbonyl (C=O) groups is 1. The summed E-state index contributed by atoms with van der Waals surface area (Å²) in [6, 6.07) is 11.6. The van der Waals surface area contributed by atoms with Crippen LogP contribution in [0.5, 0.6) is 0 Å². The molecule has 1 N–H and O–H groups in total. The van der Waals surface area contributed by atoms with E-state index in [4.69, 9.17) is 0 Å². The molecular formula is C22H32N2O. The van der Waals surface area contributed by atoms with Crippen molar-refractivity contribution in [2.24, 2.45) is 11.8 Å². The van der Waals surface area contributed by atoms with E-state index in [-0.39, 0.29) is 0 Å². The fraction of sp³-hybridized carbons (Fsp3) is 0.682. The number of nitrogens with zero attached hydrogens (tertiary/aromatic N) is 1. The first kappa shape index (κ1) is 17.1. The number of amides is 1. The van der Waals surface area contributed by atoms with Crippen LogP contribution < -0.4 is 5.32 Å². The fourth-order valence-corrected chi connectivity index (χ4v) is 4.79. The third-order valence-corrected chi connectivity index (χ3v) is 6.53. The van der Waals surface area contributed by atoms with Gasteiger partial charge in [-0.25, -0.2) is 0 Å². The minimum Gasteiger partial charge on any atom is -0.353 e. The normalized spacial score (nSPS) is 24.3. The van der Waals surface area contributed by atoms with Gasteiger partial charge in [0.05, 0.1) is 0 Å². The van der Waals surface area contributed by atoms with Crippen LogP contribution in [0.2, 0.25) is 0 Å². The van der Waals surface area contributed by atoms with E-state index in [1.54, 1.807) is 0 Å². The Bertz CT molecular complexity index is 555. The fourth-order valence-electron chi connectivity index (χ4n) is 4.79. The lowest BCUT2D eigenvalue weighted by Crippen LogP contribution is -2.46. The molecule has 1 aromatic carbocycles. The van der Waals surface area contributed by atoms with Crippen molar-refractivity contribution < 1.29 is 4.79 Å². The molecule has 0 radical (unpaired) electrons. The van der Waals surface area contributed by atoms with Gasteiger partial charge in [0.25, 0.3) is 0 Å². The topological polar surface area (TPSA) is 32.3 Å². The molecule has 1 aliphatic heterocycles. The monoisotopic (exact) mass is 340 g/mol. The van der Waals surface area contributed by atoms with Gasteiger partial charge >= 0.3 is 0 Å². The van der Waals surface area contributed by atoms with E-state index in [1.165, 1.54) is 37.8 Å². The van der Waals surface area contributed by atoms with Crippen molar-refractivity contribution in [3.05, 3.63) is 35.9 Å². The number of hydrogen-bond donors (Lipinski definition) is 1. The van der Waals surface area contributed by atoms with Crippen molar-refractivity contribution in [2.75, 3.05) is 19.6 Å². The van der Waals surface area contributed by atoms with E-state index in [2.05, 4.69) is 40.5 Å². The molecule has 4 rings (SSSR count). The molecule has 0 spiro atoms. The van der Waals surface area contributed by atoms with Crippen LogP contribution in [-0.2, 0) is 4.79 Å². The molecule has 25 heavy (non-hydrogen) atoms. The molecule has 136 valence electrons. The van der Waals surface area contributed by atoms with Gasteiger partial charge in [0.2, 0.25) is 5.91 Å². The van der Waals surface area contributed by atoms with Crippen molar-refractivity contribution in [2.45, 2.75) is 63.3 Å². The van der Waals surface area contributed by atoms with Gasteiger partial charge in [0, 0.05) is 31.6 Å². The largest absolute Gasteiger partial charge is 0.353 e. The van der Waals surface area contributed by atoms with Crippen LogP contribution in [0, 0.1) is 11.8 Å². The maximum atomic E-state index is 12.0. The van der Waals surface area contributed by atoms with Gasteiger partial charge in [-0.2, -0.15) is 0 Å². The van der Waals surface area contributed by atoms with E-state index >= 15 is 0 Å². The maximum absolute atomic E-state index is 12.0. The molecular weight excluding hydrogens is 308 g/mol. The molecule has 0 unspecified atom stereocenters. The highest BCUT2D eigenvalue weighted by Crippen LogP contribution is 2.38. The number of benzene rings is 1. The van der Waals surface area contributed by atoms with Crippen LogP contribution in [0.3, 0.4) is 0 Å². The highest BCUT2D eigenvalue weighted by Gasteiger charge is 2.33. The number of carbonyl (C=O) groups excluding carboxylic acids is 1. The Morgan fingerprint density at radius 3 is 2.32 bits per heavy atom. The molecule has 3 aliphatic rings. The van der Waals surface area contributed by atoms with Crippen LogP contribution in [0.1, 0.15) is 62.8 Å². The standard InChI is InChI=1S/C22H32N2O/c25-22(19-10-11-19)23-20-12-14-24(15-13-20)16-21(18-8-4-5-9-18)17-6-2-1-3-7-17/h1-3,6-7,18-21H,4-5,8-16H2,(H,23,25)/t21-/m0/s1. The number of piperidine rings is 1. The van der Waals surface area contributed by atoms with E-state index in [0.29, 0.717) is 23.8 Å². The summed E-state index contributed by atoms with van der Waals surface area (Å²) >= 11 is 0. The summed E-state index contributed by atoms with van der Waals surface area (Å²) in [5, 5.41) is 3.28. The third-order valence-electron chi connectivity index (χ3n) is 6.53. The summed E-state index contributed by atoms with van der Waals surface area (Å²) in [5.41, 5.74) is 1.53. The van der Waals surface area contributed by atoms with Gasteiger partial charge in [-0.15, -0.1) is 0 Å². The second-order valence-electron chi connectivity index (χ2n) is 8.42. The molecule has 3 heteroatoms. The Hall–Kier alpha value is -1.35. The zero-order valence-electron chi connectivity index (χ0n) is 15.3. The van der Waals surface area contributed by atoms with E-state index in [9.17, 15) is 4.79 Å². The summed E-state index contributed by atoms with van der Waals surface area (Å²) in [6.07, 6.45) is 10.0. The predicted octanol–water partition coefficient (Wildman–Crippen LogP) is 3.95. The predicted molar refractivity (Wildman–Crippen MR) is 101 cm³/mol. The van der Waals surface area contributed by atoms with Gasteiger partial charge < -0.3 is 10.2 Å². The summed E-state index contributed by atoms with van der Waals surface area (Å²) < 4.78 is 0. The lowest BCUT2D eigenvalue weighted by atomic mass is 9.84. The summed E-state index contributed by atoms with van der Waals surface area (Å²) in [4.78, 5) is 14.6.